The van der Waals surface area contributed by atoms with Crippen molar-refractivity contribution >= 4 is 5.91 Å². The number of aliphatic hydroxyl groups is 1. The van der Waals surface area contributed by atoms with E-state index in [4.69, 9.17) is 4.74 Å². The molecule has 1 saturated carbocycles. The maximum absolute atomic E-state index is 12.6. The lowest BCUT2D eigenvalue weighted by Gasteiger charge is -2.22. The maximum atomic E-state index is 12.6. The molecule has 0 aliphatic heterocycles. The number of likely N-dealkylation sites (N-methyl/N-ethyl adjacent to an activating group) is 1. The van der Waals surface area contributed by atoms with Crippen molar-refractivity contribution in [3.63, 3.8) is 0 Å². The number of nitrogens with zero attached hydrogens (tertiary/aromatic N) is 1. The Morgan fingerprint density at radius 3 is 3.05 bits per heavy atom. The van der Waals surface area contributed by atoms with Gasteiger partial charge in [-0.3, -0.25) is 4.79 Å². The highest BCUT2D eigenvalue weighted by Crippen LogP contribution is 2.61. The Bertz CT molecular complexity index is 545. The van der Waals surface area contributed by atoms with E-state index in [-0.39, 0.29) is 23.8 Å². The highest BCUT2D eigenvalue weighted by atomic mass is 16.5. The Kier molecular flexibility index (Phi) is 3.76. The Hall–Kier alpha value is -1.39. The number of fused-ring (bicyclic) bond motifs is 2. The van der Waals surface area contributed by atoms with Gasteiger partial charge < -0.3 is 14.7 Å². The molecule has 0 aromatic heterocycles. The molecule has 3 unspecified atom stereocenters. The van der Waals surface area contributed by atoms with E-state index in [9.17, 15) is 9.90 Å². The minimum absolute atomic E-state index is 0.0775. The molecule has 114 valence electrons. The van der Waals surface area contributed by atoms with Crippen LogP contribution in [0, 0.1) is 5.92 Å². The summed E-state index contributed by atoms with van der Waals surface area (Å²) >= 11 is 0. The Morgan fingerprint density at radius 1 is 1.52 bits per heavy atom. The highest BCUT2D eigenvalue weighted by Gasteiger charge is 2.61. The predicted octanol–water partition coefficient (Wildman–Crippen LogP) is 1.36. The fourth-order valence-corrected chi connectivity index (χ4v) is 3.84. The van der Waals surface area contributed by atoms with Crippen molar-refractivity contribution in [1.82, 2.24) is 4.90 Å². The van der Waals surface area contributed by atoms with Gasteiger partial charge in [-0.25, -0.2) is 0 Å². The number of aryl methyl sites for hydroxylation is 1. The van der Waals surface area contributed by atoms with Gasteiger partial charge in [0.2, 0.25) is 5.91 Å². The molecule has 4 heteroatoms. The van der Waals surface area contributed by atoms with Gasteiger partial charge in [-0.1, -0.05) is 24.3 Å². The number of hydrogen-bond donors (Lipinski definition) is 1. The maximum Gasteiger partial charge on any atom is 0.226 e. The van der Waals surface area contributed by atoms with Crippen LogP contribution in [-0.2, 0) is 21.4 Å². The molecule has 1 aromatic rings. The van der Waals surface area contributed by atoms with Crippen LogP contribution in [0.3, 0.4) is 0 Å². The molecule has 3 rings (SSSR count). The molecule has 1 N–H and O–H groups in total. The monoisotopic (exact) mass is 289 g/mol. The average molecular weight is 289 g/mol. The standard InChI is InChI=1S/C17H23NO3/c1-18(10-13(19)11-21-2)16(20)15-9-17(15)8-7-12-5-3-4-6-14(12)17/h3-6,13,15,19H,7-11H2,1-2H3. The lowest BCUT2D eigenvalue weighted by atomic mass is 9.95. The molecule has 2 aliphatic carbocycles. The lowest BCUT2D eigenvalue weighted by Crippen LogP contribution is -2.38. The molecule has 21 heavy (non-hydrogen) atoms. The smallest absolute Gasteiger partial charge is 0.226 e. The normalized spacial score (nSPS) is 27.5. The SMILES string of the molecule is COCC(O)CN(C)C(=O)C1CC12CCc1ccccc12. The summed E-state index contributed by atoms with van der Waals surface area (Å²) in [4.78, 5) is 14.2. The fourth-order valence-electron chi connectivity index (χ4n) is 3.84. The van der Waals surface area contributed by atoms with E-state index in [0.717, 1.165) is 19.3 Å². The minimum atomic E-state index is -0.616. The van der Waals surface area contributed by atoms with Crippen LogP contribution >= 0.6 is 0 Å². The Morgan fingerprint density at radius 2 is 2.29 bits per heavy atom. The first kappa shape index (κ1) is 14.5. The zero-order valence-electron chi connectivity index (χ0n) is 12.7. The number of benzene rings is 1. The molecule has 3 atom stereocenters. The van der Waals surface area contributed by atoms with Gasteiger partial charge in [0, 0.05) is 32.0 Å². The van der Waals surface area contributed by atoms with Gasteiger partial charge >= 0.3 is 0 Å². The molecule has 1 aromatic carbocycles. The first-order valence-electron chi connectivity index (χ1n) is 7.59. The number of aliphatic hydroxyl groups excluding tert-OH is 1. The number of ether oxygens (including phenoxy) is 1. The largest absolute Gasteiger partial charge is 0.389 e. The predicted molar refractivity (Wildman–Crippen MR) is 80.1 cm³/mol. The van der Waals surface area contributed by atoms with Crippen LogP contribution in [0.5, 0.6) is 0 Å². The number of carbonyl (C=O) groups excluding carboxylic acids is 1. The zero-order valence-corrected chi connectivity index (χ0v) is 12.7. The third-order valence-electron chi connectivity index (χ3n) is 4.99. The second kappa shape index (κ2) is 5.43. The molecule has 1 spiro atoms. The van der Waals surface area contributed by atoms with E-state index >= 15 is 0 Å². The van der Waals surface area contributed by atoms with Crippen LogP contribution in [0.2, 0.25) is 0 Å². The number of rotatable bonds is 5. The van der Waals surface area contributed by atoms with Crippen LogP contribution in [-0.4, -0.2) is 49.3 Å². The van der Waals surface area contributed by atoms with Gasteiger partial charge in [0.1, 0.15) is 0 Å². The summed E-state index contributed by atoms with van der Waals surface area (Å²) in [6, 6.07) is 8.49. The molecular weight excluding hydrogens is 266 g/mol. The van der Waals surface area contributed by atoms with Gasteiger partial charge in [0.15, 0.2) is 0 Å². The molecule has 0 bridgehead atoms. The van der Waals surface area contributed by atoms with Crippen LogP contribution in [0.25, 0.3) is 0 Å². The minimum Gasteiger partial charge on any atom is -0.389 e. The van der Waals surface area contributed by atoms with Crippen molar-refractivity contribution in [2.45, 2.75) is 30.8 Å². The Labute approximate surface area is 125 Å². The molecule has 2 aliphatic rings. The van der Waals surface area contributed by atoms with E-state index in [0.29, 0.717) is 6.54 Å². The van der Waals surface area contributed by atoms with E-state index in [1.54, 1.807) is 19.1 Å². The molecule has 4 nitrogen and oxygen atoms in total. The molecule has 1 fully saturated rings. The number of methoxy groups -OCH3 is 1. The van der Waals surface area contributed by atoms with Gasteiger partial charge in [0.25, 0.3) is 0 Å². The molecule has 0 heterocycles. The second-order valence-electron chi connectivity index (χ2n) is 6.40. The van der Waals surface area contributed by atoms with Crippen molar-refractivity contribution in [2.75, 3.05) is 27.3 Å². The summed E-state index contributed by atoms with van der Waals surface area (Å²) < 4.78 is 4.91. The highest BCUT2D eigenvalue weighted by molar-refractivity contribution is 5.85. The Balaban J connectivity index is 1.67. The third kappa shape index (κ3) is 2.47. The van der Waals surface area contributed by atoms with Crippen molar-refractivity contribution in [2.24, 2.45) is 5.92 Å². The average Bonchev–Trinajstić information content (AvgIpc) is 3.08. The topological polar surface area (TPSA) is 49.8 Å². The fraction of sp³-hybridized carbons (Fsp3) is 0.588. The van der Waals surface area contributed by atoms with Crippen LogP contribution in [0.4, 0.5) is 0 Å². The first-order chi connectivity index (χ1) is 10.1. The third-order valence-corrected chi connectivity index (χ3v) is 4.99. The van der Waals surface area contributed by atoms with E-state index in [1.807, 2.05) is 0 Å². The van der Waals surface area contributed by atoms with E-state index in [1.165, 1.54) is 11.1 Å². The van der Waals surface area contributed by atoms with Gasteiger partial charge in [-0.15, -0.1) is 0 Å². The van der Waals surface area contributed by atoms with Gasteiger partial charge in [0.05, 0.1) is 12.7 Å². The van der Waals surface area contributed by atoms with Crippen LogP contribution < -0.4 is 0 Å². The van der Waals surface area contributed by atoms with Crippen LogP contribution in [0.1, 0.15) is 24.0 Å². The summed E-state index contributed by atoms with van der Waals surface area (Å²) in [5.41, 5.74) is 2.85. The summed E-state index contributed by atoms with van der Waals surface area (Å²) in [6.45, 7) is 0.594. The van der Waals surface area contributed by atoms with Crippen LogP contribution in [0.15, 0.2) is 24.3 Å². The molecule has 0 radical (unpaired) electrons. The number of hydrogen-bond acceptors (Lipinski definition) is 3. The zero-order chi connectivity index (χ0) is 15.0. The number of amides is 1. The van der Waals surface area contributed by atoms with Crippen molar-refractivity contribution in [3.8, 4) is 0 Å². The van der Waals surface area contributed by atoms with Crippen molar-refractivity contribution in [1.29, 1.82) is 0 Å². The summed E-state index contributed by atoms with van der Waals surface area (Å²) in [5.74, 6) is 0.239. The second-order valence-corrected chi connectivity index (χ2v) is 6.40. The van der Waals surface area contributed by atoms with Crippen molar-refractivity contribution in [3.05, 3.63) is 35.4 Å². The molecular formula is C17H23NO3. The van der Waals surface area contributed by atoms with E-state index in [2.05, 4.69) is 24.3 Å². The quantitative estimate of drug-likeness (QED) is 0.890. The summed E-state index contributed by atoms with van der Waals surface area (Å²) in [7, 11) is 3.32. The van der Waals surface area contributed by atoms with Gasteiger partial charge in [-0.05, 0) is 30.4 Å². The molecule has 1 amide bonds. The lowest BCUT2D eigenvalue weighted by molar-refractivity contribution is -0.133. The van der Waals surface area contributed by atoms with Gasteiger partial charge in [-0.2, -0.15) is 0 Å². The first-order valence-corrected chi connectivity index (χ1v) is 7.59. The molecule has 0 saturated heterocycles. The summed E-state index contributed by atoms with van der Waals surface area (Å²) in [5, 5.41) is 9.77. The summed E-state index contributed by atoms with van der Waals surface area (Å²) in [6.07, 6.45) is 2.50. The van der Waals surface area contributed by atoms with E-state index < -0.39 is 6.10 Å². The van der Waals surface area contributed by atoms with Crippen molar-refractivity contribution < 1.29 is 14.6 Å². The number of carbonyl (C=O) groups is 1.